The molecule has 8 rings (SSSR count). The summed E-state index contributed by atoms with van der Waals surface area (Å²) in [7, 11) is 0. The minimum atomic E-state index is -0.132. The Kier molecular flexibility index (Phi) is 4.60. The van der Waals surface area contributed by atoms with E-state index in [1.54, 1.807) is 0 Å². The maximum absolute atomic E-state index is 4.96. The molecule has 2 aromatic heterocycles. The average molecular weight is 499 g/mol. The van der Waals surface area contributed by atoms with Crippen molar-refractivity contribution in [3.8, 4) is 33.8 Å². The smallest absolute Gasteiger partial charge is 0.0893 e. The molecular weight excluding hydrogens is 472 g/mol. The highest BCUT2D eigenvalue weighted by molar-refractivity contribution is 6.19. The predicted molar refractivity (Wildman–Crippen MR) is 163 cm³/mol. The minimum absolute atomic E-state index is 0.132. The van der Waals surface area contributed by atoms with E-state index >= 15 is 0 Å². The molecule has 0 saturated heterocycles. The van der Waals surface area contributed by atoms with Gasteiger partial charge in [-0.05, 0) is 84.9 Å². The van der Waals surface area contributed by atoms with Crippen LogP contribution in [0.15, 0.2) is 121 Å². The van der Waals surface area contributed by atoms with Gasteiger partial charge in [-0.15, -0.1) is 0 Å². The van der Waals surface area contributed by atoms with Crippen LogP contribution in [0.3, 0.4) is 0 Å². The zero-order valence-corrected chi connectivity index (χ0v) is 21.9. The third kappa shape index (κ3) is 3.15. The molecule has 2 heterocycles. The number of benzene rings is 5. The van der Waals surface area contributed by atoms with E-state index in [-0.39, 0.29) is 5.41 Å². The molecule has 0 bridgehead atoms. The first-order chi connectivity index (χ1) is 19.1. The van der Waals surface area contributed by atoms with Crippen LogP contribution in [0.4, 0.5) is 0 Å². The first kappa shape index (κ1) is 22.2. The van der Waals surface area contributed by atoms with E-state index in [0.29, 0.717) is 0 Å². The summed E-state index contributed by atoms with van der Waals surface area (Å²) in [5.41, 5.74) is 9.31. The summed E-state index contributed by atoms with van der Waals surface area (Å²) in [6.07, 6.45) is 1.81. The first-order valence-electron chi connectivity index (χ1n) is 13.5. The van der Waals surface area contributed by atoms with Crippen LogP contribution in [0, 0.1) is 0 Å². The Morgan fingerprint density at radius 3 is 2.00 bits per heavy atom. The van der Waals surface area contributed by atoms with Gasteiger partial charge in [-0.2, -0.15) is 0 Å². The van der Waals surface area contributed by atoms with Gasteiger partial charge in [0, 0.05) is 17.2 Å². The average Bonchev–Trinajstić information content (AvgIpc) is 3.25. The highest BCUT2D eigenvalue weighted by Gasteiger charge is 2.39. The van der Waals surface area contributed by atoms with E-state index in [1.165, 1.54) is 54.6 Å². The van der Waals surface area contributed by atoms with Crippen molar-refractivity contribution in [2.75, 3.05) is 0 Å². The fourth-order valence-corrected chi connectivity index (χ4v) is 6.82. The molecule has 0 aliphatic heterocycles. The lowest BCUT2D eigenvalue weighted by atomic mass is 9.77. The molecule has 0 radical (unpaired) electrons. The Morgan fingerprint density at radius 2 is 1.21 bits per heavy atom. The lowest BCUT2D eigenvalue weighted by Crippen LogP contribution is -2.16. The van der Waals surface area contributed by atoms with E-state index in [1.807, 2.05) is 30.5 Å². The standard InChI is InChI=1S/C37H26N2/c1-37(2)35-25-19-18-24(31-15-9-16-33(39-31)32-14-7-8-21-38-32)22-23(25)17-20-30(35)34-28-12-5-3-10-26(28)27-11-4-6-13-29(27)36(34)37/h3-22H,1-2H3. The van der Waals surface area contributed by atoms with Crippen molar-refractivity contribution in [1.29, 1.82) is 0 Å². The first-order valence-corrected chi connectivity index (χ1v) is 13.5. The van der Waals surface area contributed by atoms with Crippen LogP contribution in [0.25, 0.3) is 66.1 Å². The van der Waals surface area contributed by atoms with Crippen LogP contribution in [0.2, 0.25) is 0 Å². The fourth-order valence-electron chi connectivity index (χ4n) is 6.82. The van der Waals surface area contributed by atoms with E-state index in [9.17, 15) is 0 Å². The molecule has 2 heteroatoms. The predicted octanol–water partition coefficient (Wildman–Crippen LogP) is 9.58. The van der Waals surface area contributed by atoms with Gasteiger partial charge in [-0.25, -0.2) is 4.98 Å². The second-order valence-corrected chi connectivity index (χ2v) is 11.0. The summed E-state index contributed by atoms with van der Waals surface area (Å²) in [6, 6.07) is 41.3. The summed E-state index contributed by atoms with van der Waals surface area (Å²) in [5.74, 6) is 0. The van der Waals surface area contributed by atoms with E-state index in [2.05, 4.69) is 110 Å². The van der Waals surface area contributed by atoms with Crippen LogP contribution in [-0.4, -0.2) is 9.97 Å². The van der Waals surface area contributed by atoms with Crippen LogP contribution in [0.5, 0.6) is 0 Å². The fraction of sp³-hybridized carbons (Fsp3) is 0.0811. The molecule has 0 N–H and O–H groups in total. The van der Waals surface area contributed by atoms with Crippen LogP contribution >= 0.6 is 0 Å². The van der Waals surface area contributed by atoms with Gasteiger partial charge in [0.1, 0.15) is 0 Å². The molecule has 5 aromatic carbocycles. The van der Waals surface area contributed by atoms with Crippen molar-refractivity contribution < 1.29 is 0 Å². The highest BCUT2D eigenvalue weighted by atomic mass is 14.8. The number of rotatable bonds is 2. The molecule has 0 amide bonds. The Hall–Kier alpha value is -4.82. The third-order valence-corrected chi connectivity index (χ3v) is 8.44. The van der Waals surface area contributed by atoms with Gasteiger partial charge in [0.2, 0.25) is 0 Å². The summed E-state index contributed by atoms with van der Waals surface area (Å²) < 4.78 is 0. The van der Waals surface area contributed by atoms with Gasteiger partial charge in [-0.1, -0.05) is 98.8 Å². The summed E-state index contributed by atoms with van der Waals surface area (Å²) in [6.45, 7) is 4.79. The van der Waals surface area contributed by atoms with Gasteiger partial charge in [-0.3, -0.25) is 4.98 Å². The molecule has 0 fully saturated rings. The van der Waals surface area contributed by atoms with Gasteiger partial charge < -0.3 is 0 Å². The molecule has 0 saturated carbocycles. The Labute approximate surface area is 227 Å². The van der Waals surface area contributed by atoms with Crippen molar-refractivity contribution in [2.24, 2.45) is 0 Å². The molecule has 7 aromatic rings. The summed E-state index contributed by atoms with van der Waals surface area (Å²) in [5, 5.41) is 7.90. The molecule has 0 spiro atoms. The third-order valence-electron chi connectivity index (χ3n) is 8.44. The quantitative estimate of drug-likeness (QED) is 0.222. The largest absolute Gasteiger partial charge is 0.255 e. The summed E-state index contributed by atoms with van der Waals surface area (Å²) in [4.78, 5) is 9.45. The SMILES string of the molecule is CC1(C)c2c(ccc3cc(-c4cccc(-c5ccccn5)n4)ccc23)-c2c1c1ccccc1c1ccccc21. The van der Waals surface area contributed by atoms with E-state index < -0.39 is 0 Å². The second kappa shape index (κ2) is 8.09. The Bertz CT molecular complexity index is 2090. The molecule has 1 aliphatic rings. The van der Waals surface area contributed by atoms with Crippen LogP contribution in [0.1, 0.15) is 25.0 Å². The van der Waals surface area contributed by atoms with Crippen molar-refractivity contribution in [3.05, 3.63) is 133 Å². The van der Waals surface area contributed by atoms with Gasteiger partial charge in [0.05, 0.1) is 17.1 Å². The van der Waals surface area contributed by atoms with Crippen LogP contribution in [-0.2, 0) is 5.41 Å². The zero-order valence-electron chi connectivity index (χ0n) is 21.9. The monoisotopic (exact) mass is 498 g/mol. The van der Waals surface area contributed by atoms with Gasteiger partial charge >= 0.3 is 0 Å². The highest BCUT2D eigenvalue weighted by Crippen LogP contribution is 2.56. The summed E-state index contributed by atoms with van der Waals surface area (Å²) >= 11 is 0. The number of hydrogen-bond acceptors (Lipinski definition) is 2. The lowest BCUT2D eigenvalue weighted by molar-refractivity contribution is 0.672. The normalized spacial score (nSPS) is 13.6. The van der Waals surface area contributed by atoms with Crippen molar-refractivity contribution in [3.63, 3.8) is 0 Å². The van der Waals surface area contributed by atoms with Gasteiger partial charge in [0.15, 0.2) is 0 Å². The molecule has 0 atom stereocenters. The number of nitrogens with zero attached hydrogens (tertiary/aromatic N) is 2. The molecule has 39 heavy (non-hydrogen) atoms. The minimum Gasteiger partial charge on any atom is -0.255 e. The number of fused-ring (bicyclic) bond motifs is 10. The van der Waals surface area contributed by atoms with E-state index in [4.69, 9.17) is 4.98 Å². The lowest BCUT2D eigenvalue weighted by Gasteiger charge is -2.25. The molecule has 184 valence electrons. The zero-order chi connectivity index (χ0) is 26.1. The van der Waals surface area contributed by atoms with Crippen molar-refractivity contribution >= 4 is 32.3 Å². The van der Waals surface area contributed by atoms with Crippen molar-refractivity contribution in [2.45, 2.75) is 19.3 Å². The topological polar surface area (TPSA) is 25.8 Å². The Balaban J connectivity index is 1.35. The second-order valence-electron chi connectivity index (χ2n) is 11.0. The number of pyridine rings is 2. The molecular formula is C37H26N2. The van der Waals surface area contributed by atoms with Crippen molar-refractivity contribution in [1.82, 2.24) is 9.97 Å². The molecule has 1 aliphatic carbocycles. The molecule has 0 unspecified atom stereocenters. The maximum atomic E-state index is 4.96. The Morgan fingerprint density at radius 1 is 0.513 bits per heavy atom. The van der Waals surface area contributed by atoms with E-state index in [0.717, 1.165) is 22.6 Å². The number of aromatic nitrogens is 2. The molecule has 2 nitrogen and oxygen atoms in total. The van der Waals surface area contributed by atoms with Gasteiger partial charge in [0.25, 0.3) is 0 Å². The maximum Gasteiger partial charge on any atom is 0.0893 e. The van der Waals surface area contributed by atoms with Crippen LogP contribution < -0.4 is 0 Å². The number of hydrogen-bond donors (Lipinski definition) is 0.